The highest BCUT2D eigenvalue weighted by atomic mass is 16.5. The molecule has 0 atom stereocenters. The van der Waals surface area contributed by atoms with E-state index in [0.29, 0.717) is 17.9 Å². The second-order valence-corrected chi connectivity index (χ2v) is 4.86. The van der Waals surface area contributed by atoms with E-state index in [-0.39, 0.29) is 5.91 Å². The van der Waals surface area contributed by atoms with Gasteiger partial charge in [0.15, 0.2) is 0 Å². The van der Waals surface area contributed by atoms with Crippen LogP contribution in [0.1, 0.15) is 29.8 Å². The van der Waals surface area contributed by atoms with E-state index in [4.69, 9.17) is 4.74 Å². The fourth-order valence-corrected chi connectivity index (χ4v) is 2.16. The van der Waals surface area contributed by atoms with Gasteiger partial charge in [-0.15, -0.1) is 0 Å². The van der Waals surface area contributed by atoms with Crippen molar-refractivity contribution in [2.45, 2.75) is 20.4 Å². The summed E-state index contributed by atoms with van der Waals surface area (Å²) in [6.07, 6.45) is 0. The standard InChI is InChI=1S/C18H22N2O2/c1-3-19-13-14-8-7-9-15(12-14)20-18(21)16-10-5-6-11-17(16)22-4-2/h5-12,19H,3-4,13H2,1-2H3,(H,20,21). The Morgan fingerprint density at radius 1 is 1.09 bits per heavy atom. The molecule has 0 aromatic heterocycles. The molecule has 0 radical (unpaired) electrons. The van der Waals surface area contributed by atoms with Gasteiger partial charge in [-0.1, -0.05) is 31.2 Å². The summed E-state index contributed by atoms with van der Waals surface area (Å²) < 4.78 is 5.50. The Morgan fingerprint density at radius 3 is 2.68 bits per heavy atom. The smallest absolute Gasteiger partial charge is 0.259 e. The molecule has 0 aliphatic heterocycles. The van der Waals surface area contributed by atoms with Crippen LogP contribution in [0.4, 0.5) is 5.69 Å². The van der Waals surface area contributed by atoms with E-state index in [2.05, 4.69) is 17.6 Å². The van der Waals surface area contributed by atoms with E-state index in [1.807, 2.05) is 43.3 Å². The molecule has 0 saturated carbocycles. The first kappa shape index (κ1) is 16.0. The molecule has 1 amide bonds. The van der Waals surface area contributed by atoms with Crippen molar-refractivity contribution in [1.82, 2.24) is 5.32 Å². The minimum absolute atomic E-state index is 0.162. The quantitative estimate of drug-likeness (QED) is 0.823. The molecule has 0 saturated heterocycles. The summed E-state index contributed by atoms with van der Waals surface area (Å²) in [5.41, 5.74) is 2.46. The predicted molar refractivity (Wildman–Crippen MR) is 89.4 cm³/mol. The van der Waals surface area contributed by atoms with Crippen LogP contribution in [-0.2, 0) is 6.54 Å². The SMILES string of the molecule is CCNCc1cccc(NC(=O)c2ccccc2OCC)c1. The van der Waals surface area contributed by atoms with Gasteiger partial charge in [-0.05, 0) is 43.3 Å². The second kappa shape index (κ2) is 8.20. The van der Waals surface area contributed by atoms with Crippen LogP contribution in [0.25, 0.3) is 0 Å². The fourth-order valence-electron chi connectivity index (χ4n) is 2.16. The third kappa shape index (κ3) is 4.33. The van der Waals surface area contributed by atoms with E-state index in [9.17, 15) is 4.79 Å². The van der Waals surface area contributed by atoms with E-state index >= 15 is 0 Å². The average Bonchev–Trinajstić information content (AvgIpc) is 2.54. The first-order valence-corrected chi connectivity index (χ1v) is 7.57. The zero-order chi connectivity index (χ0) is 15.8. The van der Waals surface area contributed by atoms with Crippen molar-refractivity contribution in [3.63, 3.8) is 0 Å². The molecular weight excluding hydrogens is 276 g/mol. The van der Waals surface area contributed by atoms with Gasteiger partial charge in [0.05, 0.1) is 12.2 Å². The zero-order valence-electron chi connectivity index (χ0n) is 13.1. The molecule has 116 valence electrons. The van der Waals surface area contributed by atoms with Crippen LogP contribution in [0.15, 0.2) is 48.5 Å². The molecule has 4 nitrogen and oxygen atoms in total. The van der Waals surface area contributed by atoms with E-state index in [0.717, 1.165) is 24.3 Å². The van der Waals surface area contributed by atoms with Crippen molar-refractivity contribution >= 4 is 11.6 Å². The molecule has 0 heterocycles. The summed E-state index contributed by atoms with van der Waals surface area (Å²) >= 11 is 0. The van der Waals surface area contributed by atoms with Gasteiger partial charge in [0.1, 0.15) is 5.75 Å². The maximum Gasteiger partial charge on any atom is 0.259 e. The maximum atomic E-state index is 12.4. The molecule has 0 aliphatic rings. The third-order valence-electron chi connectivity index (χ3n) is 3.20. The lowest BCUT2D eigenvalue weighted by molar-refractivity contribution is 0.102. The number of hydrogen-bond donors (Lipinski definition) is 2. The van der Waals surface area contributed by atoms with E-state index < -0.39 is 0 Å². The van der Waals surface area contributed by atoms with Crippen molar-refractivity contribution in [3.8, 4) is 5.75 Å². The molecule has 22 heavy (non-hydrogen) atoms. The van der Waals surface area contributed by atoms with Crippen LogP contribution < -0.4 is 15.4 Å². The van der Waals surface area contributed by atoms with Gasteiger partial charge >= 0.3 is 0 Å². The zero-order valence-corrected chi connectivity index (χ0v) is 13.1. The lowest BCUT2D eigenvalue weighted by atomic mass is 10.1. The summed E-state index contributed by atoms with van der Waals surface area (Å²) in [5, 5.41) is 6.20. The Hall–Kier alpha value is -2.33. The molecule has 2 N–H and O–H groups in total. The second-order valence-electron chi connectivity index (χ2n) is 4.86. The average molecular weight is 298 g/mol. The minimum Gasteiger partial charge on any atom is -0.493 e. The topological polar surface area (TPSA) is 50.4 Å². The van der Waals surface area contributed by atoms with Crippen molar-refractivity contribution in [2.24, 2.45) is 0 Å². The summed E-state index contributed by atoms with van der Waals surface area (Å²) in [6, 6.07) is 15.1. The van der Waals surface area contributed by atoms with Gasteiger partial charge < -0.3 is 15.4 Å². The van der Waals surface area contributed by atoms with Crippen LogP contribution in [0.3, 0.4) is 0 Å². The maximum absolute atomic E-state index is 12.4. The number of carbonyl (C=O) groups is 1. The number of ether oxygens (including phenoxy) is 1. The van der Waals surface area contributed by atoms with Crippen LogP contribution >= 0.6 is 0 Å². The first-order chi connectivity index (χ1) is 10.7. The van der Waals surface area contributed by atoms with Crippen LogP contribution in [0, 0.1) is 0 Å². The predicted octanol–water partition coefficient (Wildman–Crippen LogP) is 3.45. The summed E-state index contributed by atoms with van der Waals surface area (Å²) in [5.74, 6) is 0.441. The molecule has 0 aliphatic carbocycles. The largest absolute Gasteiger partial charge is 0.493 e. The molecule has 0 bridgehead atoms. The van der Waals surface area contributed by atoms with Crippen molar-refractivity contribution in [2.75, 3.05) is 18.5 Å². The number of para-hydroxylation sites is 1. The van der Waals surface area contributed by atoms with Gasteiger partial charge in [0.2, 0.25) is 0 Å². The van der Waals surface area contributed by atoms with Crippen molar-refractivity contribution in [1.29, 1.82) is 0 Å². The van der Waals surface area contributed by atoms with Gasteiger partial charge in [-0.25, -0.2) is 0 Å². The van der Waals surface area contributed by atoms with Gasteiger partial charge in [0.25, 0.3) is 5.91 Å². The highest BCUT2D eigenvalue weighted by molar-refractivity contribution is 6.06. The van der Waals surface area contributed by atoms with Gasteiger partial charge in [0, 0.05) is 12.2 Å². The van der Waals surface area contributed by atoms with Crippen molar-refractivity contribution in [3.05, 3.63) is 59.7 Å². The normalized spacial score (nSPS) is 10.3. The summed E-state index contributed by atoms with van der Waals surface area (Å²) in [4.78, 5) is 12.4. The van der Waals surface area contributed by atoms with E-state index in [1.54, 1.807) is 12.1 Å². The molecule has 0 unspecified atom stereocenters. The van der Waals surface area contributed by atoms with E-state index in [1.165, 1.54) is 0 Å². The number of nitrogens with one attached hydrogen (secondary N) is 2. The van der Waals surface area contributed by atoms with Crippen LogP contribution in [-0.4, -0.2) is 19.1 Å². The molecule has 0 fully saturated rings. The van der Waals surface area contributed by atoms with Crippen LogP contribution in [0.5, 0.6) is 5.75 Å². The highest BCUT2D eigenvalue weighted by Crippen LogP contribution is 2.20. The Balaban J connectivity index is 2.12. The van der Waals surface area contributed by atoms with Crippen LogP contribution in [0.2, 0.25) is 0 Å². The summed E-state index contributed by atoms with van der Waals surface area (Å²) in [6.45, 7) is 6.20. The number of amides is 1. The summed E-state index contributed by atoms with van der Waals surface area (Å²) in [7, 11) is 0. The molecule has 4 heteroatoms. The Morgan fingerprint density at radius 2 is 1.91 bits per heavy atom. The number of hydrogen-bond acceptors (Lipinski definition) is 3. The lowest BCUT2D eigenvalue weighted by Gasteiger charge is -2.11. The number of carbonyl (C=O) groups excluding carboxylic acids is 1. The molecule has 0 spiro atoms. The van der Waals surface area contributed by atoms with Crippen molar-refractivity contribution < 1.29 is 9.53 Å². The number of rotatable bonds is 7. The Kier molecular flexibility index (Phi) is 5.98. The van der Waals surface area contributed by atoms with Gasteiger partial charge in [-0.3, -0.25) is 4.79 Å². The molecular formula is C18H22N2O2. The number of benzene rings is 2. The first-order valence-electron chi connectivity index (χ1n) is 7.57. The number of anilines is 1. The molecule has 2 aromatic rings. The minimum atomic E-state index is -0.162. The van der Waals surface area contributed by atoms with Gasteiger partial charge in [-0.2, -0.15) is 0 Å². The monoisotopic (exact) mass is 298 g/mol. The highest BCUT2D eigenvalue weighted by Gasteiger charge is 2.12. The Labute approximate surface area is 131 Å². The lowest BCUT2D eigenvalue weighted by Crippen LogP contribution is -2.15. The third-order valence-corrected chi connectivity index (χ3v) is 3.20. The molecule has 2 rings (SSSR count). The Bertz CT molecular complexity index is 626. The molecule has 2 aromatic carbocycles. The fraction of sp³-hybridized carbons (Fsp3) is 0.278.